The highest BCUT2D eigenvalue weighted by atomic mass is 35.5. The Labute approximate surface area is 126 Å². The molecule has 3 rings (SSSR count). The second-order valence-corrected chi connectivity index (χ2v) is 6.71. The second-order valence-electron chi connectivity index (χ2n) is 5.21. The summed E-state index contributed by atoms with van der Waals surface area (Å²) in [6.07, 6.45) is 4.54. The summed E-state index contributed by atoms with van der Waals surface area (Å²) in [5.41, 5.74) is 0.865. The lowest BCUT2D eigenvalue weighted by atomic mass is 9.91. The van der Waals surface area contributed by atoms with Crippen molar-refractivity contribution >= 4 is 39.1 Å². The van der Waals surface area contributed by atoms with Crippen LogP contribution in [0.1, 0.15) is 36.6 Å². The van der Waals surface area contributed by atoms with Crippen molar-refractivity contribution in [3.05, 3.63) is 28.2 Å². The van der Waals surface area contributed by atoms with Crippen molar-refractivity contribution in [2.24, 2.45) is 5.92 Å². The number of aromatic nitrogens is 1. The van der Waals surface area contributed by atoms with Crippen molar-refractivity contribution in [2.45, 2.75) is 31.6 Å². The van der Waals surface area contributed by atoms with E-state index in [1.54, 1.807) is 11.3 Å². The third-order valence-electron chi connectivity index (χ3n) is 3.96. The molecule has 5 heteroatoms. The molecule has 3 nitrogen and oxygen atoms in total. The van der Waals surface area contributed by atoms with E-state index in [1.807, 2.05) is 18.2 Å². The number of carbonyl (C=O) groups excluding carboxylic acids is 1. The first-order chi connectivity index (χ1) is 9.69. The SMILES string of the molecule is COC(=O)C(c1nc2cc(Cl)ccc2s1)C1CCCC1. The van der Waals surface area contributed by atoms with Gasteiger partial charge >= 0.3 is 5.97 Å². The molecule has 1 unspecified atom stereocenters. The first-order valence-corrected chi connectivity index (χ1v) is 8.02. The van der Waals surface area contributed by atoms with Crippen molar-refractivity contribution in [3.8, 4) is 0 Å². The monoisotopic (exact) mass is 309 g/mol. The van der Waals surface area contributed by atoms with Crippen LogP contribution in [0, 0.1) is 5.92 Å². The van der Waals surface area contributed by atoms with Gasteiger partial charge in [-0.1, -0.05) is 24.4 Å². The van der Waals surface area contributed by atoms with Gasteiger partial charge in [0.2, 0.25) is 0 Å². The van der Waals surface area contributed by atoms with Crippen molar-refractivity contribution in [2.75, 3.05) is 7.11 Å². The summed E-state index contributed by atoms with van der Waals surface area (Å²) in [6, 6.07) is 5.66. The molecule has 0 saturated heterocycles. The normalized spacial score (nSPS) is 17.5. The average molecular weight is 310 g/mol. The molecule has 1 saturated carbocycles. The van der Waals surface area contributed by atoms with Gasteiger partial charge in [-0.05, 0) is 37.0 Å². The highest BCUT2D eigenvalue weighted by Crippen LogP contribution is 2.40. The van der Waals surface area contributed by atoms with Gasteiger partial charge in [0.05, 0.1) is 17.3 Å². The van der Waals surface area contributed by atoms with Gasteiger partial charge in [-0.25, -0.2) is 4.98 Å². The quantitative estimate of drug-likeness (QED) is 0.789. The van der Waals surface area contributed by atoms with E-state index in [0.29, 0.717) is 10.9 Å². The van der Waals surface area contributed by atoms with Crippen molar-refractivity contribution in [1.29, 1.82) is 0 Å². The van der Waals surface area contributed by atoms with Crippen LogP contribution in [-0.2, 0) is 9.53 Å². The number of thiazole rings is 1. The van der Waals surface area contributed by atoms with E-state index in [1.165, 1.54) is 20.0 Å². The summed E-state index contributed by atoms with van der Waals surface area (Å²) >= 11 is 7.57. The van der Waals surface area contributed by atoms with Crippen molar-refractivity contribution in [3.63, 3.8) is 0 Å². The minimum atomic E-state index is -0.223. The molecule has 1 atom stereocenters. The fourth-order valence-electron chi connectivity index (χ4n) is 2.96. The Balaban J connectivity index is 2.01. The van der Waals surface area contributed by atoms with E-state index in [4.69, 9.17) is 16.3 Å². The zero-order chi connectivity index (χ0) is 14.1. The average Bonchev–Trinajstić information content (AvgIpc) is 3.07. The Morgan fingerprint density at radius 3 is 2.90 bits per heavy atom. The molecule has 2 aromatic rings. The molecule has 0 radical (unpaired) electrons. The molecule has 0 spiro atoms. The molecule has 1 aliphatic carbocycles. The van der Waals surface area contributed by atoms with Crippen LogP contribution in [0.4, 0.5) is 0 Å². The van der Waals surface area contributed by atoms with Gasteiger partial charge in [0.15, 0.2) is 0 Å². The van der Waals surface area contributed by atoms with Gasteiger partial charge in [0.25, 0.3) is 0 Å². The lowest BCUT2D eigenvalue weighted by molar-refractivity contribution is -0.143. The Morgan fingerprint density at radius 1 is 1.45 bits per heavy atom. The molecule has 0 bridgehead atoms. The molecule has 1 heterocycles. The molecule has 1 aromatic heterocycles. The van der Waals surface area contributed by atoms with Gasteiger partial charge in [-0.2, -0.15) is 0 Å². The van der Waals surface area contributed by atoms with Gasteiger partial charge < -0.3 is 4.74 Å². The lowest BCUT2D eigenvalue weighted by Crippen LogP contribution is -2.21. The van der Waals surface area contributed by atoms with Crippen LogP contribution < -0.4 is 0 Å². The lowest BCUT2D eigenvalue weighted by Gasteiger charge is -2.18. The fourth-order valence-corrected chi connectivity index (χ4v) is 4.26. The molecule has 1 aliphatic rings. The van der Waals surface area contributed by atoms with Crippen LogP contribution in [0.3, 0.4) is 0 Å². The molecule has 0 amide bonds. The maximum Gasteiger partial charge on any atom is 0.315 e. The molecule has 1 fully saturated rings. The number of esters is 1. The van der Waals surface area contributed by atoms with Crippen LogP contribution in [0.2, 0.25) is 5.02 Å². The number of methoxy groups -OCH3 is 1. The fraction of sp³-hybridized carbons (Fsp3) is 0.467. The third kappa shape index (κ3) is 2.54. The summed E-state index contributed by atoms with van der Waals surface area (Å²) in [6.45, 7) is 0. The number of nitrogens with zero attached hydrogens (tertiary/aromatic N) is 1. The zero-order valence-electron chi connectivity index (χ0n) is 11.3. The smallest absolute Gasteiger partial charge is 0.315 e. The molecular weight excluding hydrogens is 294 g/mol. The van der Waals surface area contributed by atoms with E-state index in [0.717, 1.165) is 28.1 Å². The number of halogens is 1. The predicted octanol–water partition coefficient (Wildman–Crippen LogP) is 4.40. The van der Waals surface area contributed by atoms with E-state index < -0.39 is 0 Å². The molecule has 0 aliphatic heterocycles. The number of fused-ring (bicyclic) bond motifs is 1. The maximum atomic E-state index is 12.2. The summed E-state index contributed by atoms with van der Waals surface area (Å²) in [5, 5.41) is 1.53. The highest BCUT2D eigenvalue weighted by Gasteiger charge is 2.35. The van der Waals surface area contributed by atoms with E-state index in [-0.39, 0.29) is 11.9 Å². The van der Waals surface area contributed by atoms with Crippen molar-refractivity contribution in [1.82, 2.24) is 4.98 Å². The highest BCUT2D eigenvalue weighted by molar-refractivity contribution is 7.18. The summed E-state index contributed by atoms with van der Waals surface area (Å²) in [5.74, 6) is -0.0285. The Hall–Kier alpha value is -1.13. The summed E-state index contributed by atoms with van der Waals surface area (Å²) in [7, 11) is 1.45. The van der Waals surface area contributed by atoms with Gasteiger partial charge in [0.1, 0.15) is 10.9 Å². The standard InChI is InChI=1S/C15H16ClNO2S/c1-19-15(18)13(9-4-2-3-5-9)14-17-11-8-10(16)6-7-12(11)20-14/h6-9,13H,2-5H2,1H3. The molecule has 20 heavy (non-hydrogen) atoms. The van der Waals surface area contributed by atoms with Crippen molar-refractivity contribution < 1.29 is 9.53 Å². The Bertz CT molecular complexity index is 634. The van der Waals surface area contributed by atoms with Crippen LogP contribution in [0.5, 0.6) is 0 Å². The number of carbonyl (C=O) groups is 1. The minimum absolute atomic E-state index is 0.165. The first kappa shape index (κ1) is 13.8. The van der Waals surface area contributed by atoms with Gasteiger partial charge in [0, 0.05) is 5.02 Å². The number of benzene rings is 1. The van der Waals surface area contributed by atoms with E-state index >= 15 is 0 Å². The van der Waals surface area contributed by atoms with E-state index in [2.05, 4.69) is 4.98 Å². The summed E-state index contributed by atoms with van der Waals surface area (Å²) < 4.78 is 6.07. The Morgan fingerprint density at radius 2 is 2.20 bits per heavy atom. The molecule has 106 valence electrons. The largest absolute Gasteiger partial charge is 0.468 e. The third-order valence-corrected chi connectivity index (χ3v) is 5.31. The number of rotatable bonds is 3. The van der Waals surface area contributed by atoms with Gasteiger partial charge in [-0.3, -0.25) is 4.79 Å². The first-order valence-electron chi connectivity index (χ1n) is 6.83. The number of ether oxygens (including phenoxy) is 1. The maximum absolute atomic E-state index is 12.2. The molecule has 1 aromatic carbocycles. The van der Waals surface area contributed by atoms with Gasteiger partial charge in [-0.15, -0.1) is 11.3 Å². The Kier molecular flexibility index (Phi) is 3.94. The van der Waals surface area contributed by atoms with Crippen LogP contribution in [0.15, 0.2) is 18.2 Å². The minimum Gasteiger partial charge on any atom is -0.468 e. The van der Waals surface area contributed by atoms with Crippen LogP contribution >= 0.6 is 22.9 Å². The topological polar surface area (TPSA) is 39.2 Å². The second kappa shape index (κ2) is 5.70. The number of hydrogen-bond acceptors (Lipinski definition) is 4. The van der Waals surface area contributed by atoms with E-state index in [9.17, 15) is 4.79 Å². The molecule has 0 N–H and O–H groups in total. The summed E-state index contributed by atoms with van der Waals surface area (Å²) in [4.78, 5) is 16.8. The molecular formula is C15H16ClNO2S. The number of hydrogen-bond donors (Lipinski definition) is 0. The van der Waals surface area contributed by atoms with Crippen LogP contribution in [-0.4, -0.2) is 18.1 Å². The predicted molar refractivity (Wildman–Crippen MR) is 81.3 cm³/mol. The zero-order valence-corrected chi connectivity index (χ0v) is 12.8. The van der Waals surface area contributed by atoms with Crippen LogP contribution in [0.25, 0.3) is 10.2 Å².